The van der Waals surface area contributed by atoms with Crippen LogP contribution in [-0.4, -0.2) is 29.4 Å². The molecule has 0 aliphatic heterocycles. The van der Waals surface area contributed by atoms with Crippen molar-refractivity contribution in [2.75, 3.05) is 6.54 Å². The molecule has 0 aliphatic carbocycles. The molecule has 0 aliphatic rings. The van der Waals surface area contributed by atoms with Gasteiger partial charge in [0.25, 0.3) is 0 Å². The Kier molecular flexibility index (Phi) is 7.61. The summed E-state index contributed by atoms with van der Waals surface area (Å²) in [5, 5.41) is 11.9. The molecule has 1 aromatic carbocycles. The Morgan fingerprint density at radius 2 is 1.90 bits per heavy atom. The molecule has 0 fully saturated rings. The summed E-state index contributed by atoms with van der Waals surface area (Å²) < 4.78 is 12.9. The van der Waals surface area contributed by atoms with E-state index in [0.717, 1.165) is 19.3 Å². The molecule has 116 valence electrons. The van der Waals surface area contributed by atoms with Crippen molar-refractivity contribution in [2.45, 2.75) is 45.1 Å². The highest BCUT2D eigenvalue weighted by atomic mass is 19.1. The first kappa shape index (κ1) is 17.3. The fourth-order valence-electron chi connectivity index (χ4n) is 2.06. The standard InChI is InChI=1S/C16H22FNO3/c1-2-3-4-11-18-14(9-10-15(19)20)16(21)12-5-7-13(17)8-6-12/h5-8,14,18H,2-4,9-11H2,1H3,(H,19,20). The highest BCUT2D eigenvalue weighted by Gasteiger charge is 2.20. The molecule has 21 heavy (non-hydrogen) atoms. The van der Waals surface area contributed by atoms with Gasteiger partial charge in [0.15, 0.2) is 5.78 Å². The van der Waals surface area contributed by atoms with Crippen LogP contribution in [0.4, 0.5) is 4.39 Å². The minimum absolute atomic E-state index is 0.0711. The number of nitrogens with one attached hydrogen (secondary N) is 1. The van der Waals surface area contributed by atoms with Crippen LogP contribution >= 0.6 is 0 Å². The first-order valence-corrected chi connectivity index (χ1v) is 7.29. The predicted molar refractivity (Wildman–Crippen MR) is 78.9 cm³/mol. The average molecular weight is 295 g/mol. The minimum atomic E-state index is -0.928. The number of hydrogen-bond donors (Lipinski definition) is 2. The van der Waals surface area contributed by atoms with Crippen LogP contribution in [0.25, 0.3) is 0 Å². The van der Waals surface area contributed by atoms with E-state index >= 15 is 0 Å². The van der Waals surface area contributed by atoms with Crippen LogP contribution in [0.5, 0.6) is 0 Å². The summed E-state index contributed by atoms with van der Waals surface area (Å²) in [6.07, 6.45) is 3.24. The largest absolute Gasteiger partial charge is 0.481 e. The van der Waals surface area contributed by atoms with Gasteiger partial charge in [0.2, 0.25) is 0 Å². The third-order valence-electron chi connectivity index (χ3n) is 3.26. The van der Waals surface area contributed by atoms with E-state index in [1.165, 1.54) is 24.3 Å². The normalized spacial score (nSPS) is 12.1. The molecule has 0 radical (unpaired) electrons. The van der Waals surface area contributed by atoms with Gasteiger partial charge in [0, 0.05) is 12.0 Å². The van der Waals surface area contributed by atoms with E-state index in [0.29, 0.717) is 12.1 Å². The molecule has 0 saturated carbocycles. The van der Waals surface area contributed by atoms with Crippen molar-refractivity contribution in [3.8, 4) is 0 Å². The number of halogens is 1. The molecule has 0 amide bonds. The summed E-state index contributed by atoms with van der Waals surface area (Å²) in [7, 11) is 0. The Hall–Kier alpha value is -1.75. The maximum Gasteiger partial charge on any atom is 0.303 e. The molecule has 2 N–H and O–H groups in total. The highest BCUT2D eigenvalue weighted by molar-refractivity contribution is 6.00. The lowest BCUT2D eigenvalue weighted by atomic mass is 10.00. The predicted octanol–water partition coefficient (Wildman–Crippen LogP) is 3.02. The van der Waals surface area contributed by atoms with Gasteiger partial charge in [0.05, 0.1) is 6.04 Å². The number of unbranched alkanes of at least 4 members (excludes halogenated alkanes) is 2. The Labute approximate surface area is 124 Å². The Balaban J connectivity index is 2.66. The molecule has 1 atom stereocenters. The SMILES string of the molecule is CCCCCNC(CCC(=O)O)C(=O)c1ccc(F)cc1. The zero-order chi connectivity index (χ0) is 15.7. The molecule has 0 spiro atoms. The minimum Gasteiger partial charge on any atom is -0.481 e. The second-order valence-corrected chi connectivity index (χ2v) is 5.02. The molecular formula is C16H22FNO3. The van der Waals surface area contributed by atoms with Gasteiger partial charge in [-0.25, -0.2) is 4.39 Å². The van der Waals surface area contributed by atoms with Gasteiger partial charge >= 0.3 is 5.97 Å². The summed E-state index contributed by atoms with van der Waals surface area (Å²) in [5.41, 5.74) is 0.398. The van der Waals surface area contributed by atoms with Crippen molar-refractivity contribution in [1.29, 1.82) is 0 Å². The smallest absolute Gasteiger partial charge is 0.303 e. The number of ketones is 1. The van der Waals surface area contributed by atoms with Crippen molar-refractivity contribution in [3.63, 3.8) is 0 Å². The Morgan fingerprint density at radius 1 is 1.24 bits per heavy atom. The topological polar surface area (TPSA) is 66.4 Å². The van der Waals surface area contributed by atoms with E-state index in [1.54, 1.807) is 0 Å². The van der Waals surface area contributed by atoms with Crippen molar-refractivity contribution >= 4 is 11.8 Å². The summed E-state index contributed by atoms with van der Waals surface area (Å²) in [6, 6.07) is 4.79. The number of hydrogen-bond acceptors (Lipinski definition) is 3. The van der Waals surface area contributed by atoms with E-state index in [9.17, 15) is 14.0 Å². The van der Waals surface area contributed by atoms with E-state index in [2.05, 4.69) is 12.2 Å². The highest BCUT2D eigenvalue weighted by Crippen LogP contribution is 2.10. The number of carbonyl (C=O) groups excluding carboxylic acids is 1. The lowest BCUT2D eigenvalue weighted by Crippen LogP contribution is -2.38. The number of Topliss-reactive ketones (excluding diaryl/α,β-unsaturated/α-hetero) is 1. The number of aliphatic carboxylic acids is 1. The Bertz CT molecular complexity index is 459. The molecule has 1 rings (SSSR count). The second kappa shape index (κ2) is 9.23. The van der Waals surface area contributed by atoms with Crippen LogP contribution in [0.15, 0.2) is 24.3 Å². The van der Waals surface area contributed by atoms with E-state index in [4.69, 9.17) is 5.11 Å². The van der Waals surface area contributed by atoms with Crippen LogP contribution in [0.2, 0.25) is 0 Å². The molecule has 0 bridgehead atoms. The molecule has 1 unspecified atom stereocenters. The number of carboxylic acid groups (broad SMARTS) is 1. The first-order chi connectivity index (χ1) is 10.0. The van der Waals surface area contributed by atoms with Crippen LogP contribution in [0, 0.1) is 5.82 Å². The Morgan fingerprint density at radius 3 is 2.48 bits per heavy atom. The summed E-state index contributed by atoms with van der Waals surface area (Å²) >= 11 is 0. The molecule has 0 saturated heterocycles. The zero-order valence-electron chi connectivity index (χ0n) is 12.3. The van der Waals surface area contributed by atoms with E-state index < -0.39 is 17.8 Å². The fraction of sp³-hybridized carbons (Fsp3) is 0.500. The van der Waals surface area contributed by atoms with E-state index in [-0.39, 0.29) is 18.6 Å². The van der Waals surface area contributed by atoms with Crippen LogP contribution in [0.1, 0.15) is 49.4 Å². The lowest BCUT2D eigenvalue weighted by Gasteiger charge is -2.17. The maximum atomic E-state index is 12.9. The van der Waals surface area contributed by atoms with Crippen molar-refractivity contribution in [3.05, 3.63) is 35.6 Å². The van der Waals surface area contributed by atoms with Gasteiger partial charge in [0.1, 0.15) is 5.82 Å². The van der Waals surface area contributed by atoms with Gasteiger partial charge in [-0.3, -0.25) is 9.59 Å². The number of carbonyl (C=O) groups is 2. The third-order valence-corrected chi connectivity index (χ3v) is 3.26. The quantitative estimate of drug-likeness (QED) is 0.514. The summed E-state index contributed by atoms with van der Waals surface area (Å²) in [6.45, 7) is 2.76. The first-order valence-electron chi connectivity index (χ1n) is 7.29. The number of rotatable bonds is 10. The lowest BCUT2D eigenvalue weighted by molar-refractivity contribution is -0.137. The van der Waals surface area contributed by atoms with Gasteiger partial charge in [-0.1, -0.05) is 19.8 Å². The molecule has 5 heteroatoms. The molecular weight excluding hydrogens is 273 g/mol. The fourth-order valence-corrected chi connectivity index (χ4v) is 2.06. The summed E-state index contributed by atoms with van der Waals surface area (Å²) in [4.78, 5) is 23.0. The van der Waals surface area contributed by atoms with Gasteiger partial charge in [-0.05, 0) is 43.7 Å². The van der Waals surface area contributed by atoms with Crippen molar-refractivity contribution in [2.24, 2.45) is 0 Å². The van der Waals surface area contributed by atoms with Crippen molar-refractivity contribution < 1.29 is 19.1 Å². The average Bonchev–Trinajstić information content (AvgIpc) is 2.46. The van der Waals surface area contributed by atoms with Gasteiger partial charge in [-0.2, -0.15) is 0 Å². The maximum absolute atomic E-state index is 12.9. The third kappa shape index (κ3) is 6.49. The van der Waals surface area contributed by atoms with Gasteiger partial charge < -0.3 is 10.4 Å². The molecule has 1 aromatic rings. The molecule has 4 nitrogen and oxygen atoms in total. The molecule has 0 heterocycles. The van der Waals surface area contributed by atoms with Crippen LogP contribution in [0.3, 0.4) is 0 Å². The zero-order valence-corrected chi connectivity index (χ0v) is 12.3. The van der Waals surface area contributed by atoms with Crippen molar-refractivity contribution in [1.82, 2.24) is 5.32 Å². The number of benzene rings is 1. The van der Waals surface area contributed by atoms with Crippen LogP contribution in [-0.2, 0) is 4.79 Å². The van der Waals surface area contributed by atoms with Gasteiger partial charge in [-0.15, -0.1) is 0 Å². The van der Waals surface area contributed by atoms with E-state index in [1.807, 2.05) is 0 Å². The molecule has 0 aromatic heterocycles. The summed E-state index contributed by atoms with van der Waals surface area (Å²) in [5.74, 6) is -1.51. The van der Waals surface area contributed by atoms with Crippen LogP contribution < -0.4 is 5.32 Å². The number of carboxylic acids is 1. The monoisotopic (exact) mass is 295 g/mol. The second-order valence-electron chi connectivity index (χ2n) is 5.02.